The highest BCUT2D eigenvalue weighted by Crippen LogP contribution is 2.01. The van der Waals surface area contributed by atoms with E-state index in [0.29, 0.717) is 10.4 Å². The van der Waals surface area contributed by atoms with Gasteiger partial charge in [-0.3, -0.25) is 0 Å². The lowest BCUT2D eigenvalue weighted by Gasteiger charge is -2.06. The molecule has 0 saturated carbocycles. The second kappa shape index (κ2) is 10.0. The molecule has 0 aliphatic heterocycles. The van der Waals surface area contributed by atoms with Crippen LogP contribution in [-0.4, -0.2) is 25.2 Å². The summed E-state index contributed by atoms with van der Waals surface area (Å²) in [6, 6.07) is 9.67. The maximum absolute atomic E-state index is 12.0. The Hall–Kier alpha value is -3.12. The molecule has 0 amide bonds. The van der Waals surface area contributed by atoms with Gasteiger partial charge in [0.15, 0.2) is 0 Å². The summed E-state index contributed by atoms with van der Waals surface area (Å²) in [7, 11) is 0. The lowest BCUT2D eigenvalue weighted by molar-refractivity contribution is -0.138. The van der Waals surface area contributed by atoms with E-state index in [-0.39, 0.29) is 36.2 Å². The van der Waals surface area contributed by atoms with Crippen molar-refractivity contribution in [1.82, 2.24) is 0 Å². The fourth-order valence-corrected chi connectivity index (χ4v) is 1.89. The van der Waals surface area contributed by atoms with Gasteiger partial charge in [0.05, 0.1) is 13.2 Å². The van der Waals surface area contributed by atoms with E-state index < -0.39 is 11.9 Å². The van der Waals surface area contributed by atoms with Crippen LogP contribution in [0.15, 0.2) is 24.3 Å². The monoisotopic (exact) mass is 354 g/mol. The summed E-state index contributed by atoms with van der Waals surface area (Å²) in [4.78, 5) is 24.0. The Kier molecular flexibility index (Phi) is 8.05. The van der Waals surface area contributed by atoms with Gasteiger partial charge in [0.25, 0.3) is 0 Å². The van der Waals surface area contributed by atoms with E-state index in [1.807, 2.05) is 39.8 Å². The number of nitrogens with zero attached hydrogens (tertiary/aromatic N) is 2. The van der Waals surface area contributed by atoms with E-state index in [2.05, 4.69) is 0 Å². The smallest absolute Gasteiger partial charge is 0.349 e. The predicted octanol–water partition coefficient (Wildman–Crippen LogP) is 1.43. The van der Waals surface area contributed by atoms with E-state index in [9.17, 15) is 20.1 Å². The minimum absolute atomic E-state index is 0.127. The molecule has 1 aromatic carbocycles. The molecule has 0 N–H and O–H groups in total. The normalized spacial score (nSPS) is 10.0. The molecule has 26 heavy (non-hydrogen) atoms. The molecule has 0 heterocycles. The summed E-state index contributed by atoms with van der Waals surface area (Å²) in [6.07, 6.45) is 0. The maximum Gasteiger partial charge on any atom is 0.349 e. The van der Waals surface area contributed by atoms with Crippen LogP contribution in [0.3, 0.4) is 0 Å². The second-order valence-corrected chi connectivity index (χ2v) is 6.54. The van der Waals surface area contributed by atoms with Gasteiger partial charge in [-0.05, 0) is 22.3 Å². The first-order valence-electron chi connectivity index (χ1n) is 8.29. The van der Waals surface area contributed by atoms with Crippen LogP contribution < -0.4 is 10.4 Å². The number of esters is 2. The van der Waals surface area contributed by atoms with Gasteiger partial charge >= 0.3 is 11.9 Å². The highest BCUT2D eigenvalue weighted by Gasteiger charge is 2.14. The van der Waals surface area contributed by atoms with Crippen molar-refractivity contribution >= 4 is 23.1 Å². The average Bonchev–Trinajstić information content (AvgIpc) is 2.60. The summed E-state index contributed by atoms with van der Waals surface area (Å²) >= 11 is 0. The molecule has 1 aromatic rings. The number of hydrogen-bond acceptors (Lipinski definition) is 6. The molecule has 6 nitrogen and oxygen atoms in total. The quantitative estimate of drug-likeness (QED) is 0.717. The van der Waals surface area contributed by atoms with Crippen molar-refractivity contribution < 1.29 is 19.1 Å². The molecule has 0 radical (unpaired) electrons. The van der Waals surface area contributed by atoms with Gasteiger partial charge in [-0.1, -0.05) is 52.0 Å². The number of carbonyl (C=O) groups is 2. The minimum Gasteiger partial charge on any atom is -0.461 e. The fraction of sp³-hybridized carbons (Fsp3) is 0.400. The standard InChI is InChI=1S/C20H22N2O4/c1-13(2)11-25-19(23)17(9-21)15-5-7-16(8-6-15)18(10-22)20(24)26-12-14(3)4/h5-8,13-14H,11-12H2,1-4H3. The summed E-state index contributed by atoms with van der Waals surface area (Å²) < 4.78 is 10.1. The van der Waals surface area contributed by atoms with Crippen molar-refractivity contribution in [3.63, 3.8) is 0 Å². The van der Waals surface area contributed by atoms with Crippen molar-refractivity contribution in [1.29, 1.82) is 10.5 Å². The summed E-state index contributed by atoms with van der Waals surface area (Å²) in [6.45, 7) is 8.02. The number of benzene rings is 1. The predicted molar refractivity (Wildman–Crippen MR) is 95.3 cm³/mol. The van der Waals surface area contributed by atoms with Crippen LogP contribution in [0.1, 0.15) is 27.7 Å². The molecular formula is C20H22N2O4. The first kappa shape index (κ1) is 20.9. The molecule has 6 heteroatoms. The summed E-state index contributed by atoms with van der Waals surface area (Å²) in [5.74, 6) is -1.08. The van der Waals surface area contributed by atoms with Crippen molar-refractivity contribution in [2.75, 3.05) is 13.2 Å². The lowest BCUT2D eigenvalue weighted by Crippen LogP contribution is -2.21. The maximum atomic E-state index is 12.0. The van der Waals surface area contributed by atoms with Crippen LogP contribution >= 0.6 is 0 Å². The highest BCUT2D eigenvalue weighted by atomic mass is 16.5. The minimum atomic E-state index is -0.699. The Balaban J connectivity index is 3.22. The third kappa shape index (κ3) is 6.07. The zero-order chi connectivity index (χ0) is 19.7. The molecule has 136 valence electrons. The van der Waals surface area contributed by atoms with Gasteiger partial charge in [0, 0.05) is 0 Å². The molecule has 0 aliphatic carbocycles. The van der Waals surface area contributed by atoms with Gasteiger partial charge < -0.3 is 9.47 Å². The number of ether oxygens (including phenoxy) is 2. The van der Waals surface area contributed by atoms with Crippen molar-refractivity contribution in [2.45, 2.75) is 27.7 Å². The molecule has 0 fully saturated rings. The van der Waals surface area contributed by atoms with Crippen LogP contribution in [0.2, 0.25) is 0 Å². The van der Waals surface area contributed by atoms with Crippen LogP contribution in [0, 0.1) is 34.5 Å². The Morgan fingerprint density at radius 2 is 1.12 bits per heavy atom. The zero-order valence-electron chi connectivity index (χ0n) is 15.4. The topological polar surface area (TPSA) is 100 Å². The molecule has 0 aliphatic rings. The van der Waals surface area contributed by atoms with E-state index >= 15 is 0 Å². The summed E-state index contributed by atoms with van der Waals surface area (Å²) in [5, 5.41) is 19.2. The van der Waals surface area contributed by atoms with E-state index in [4.69, 9.17) is 9.47 Å². The van der Waals surface area contributed by atoms with E-state index in [0.717, 1.165) is 0 Å². The average molecular weight is 354 g/mol. The Bertz CT molecular complexity index is 774. The fourth-order valence-electron chi connectivity index (χ4n) is 1.89. The van der Waals surface area contributed by atoms with Gasteiger partial charge in [-0.15, -0.1) is 0 Å². The van der Waals surface area contributed by atoms with E-state index in [1.54, 1.807) is 0 Å². The van der Waals surface area contributed by atoms with Crippen LogP contribution in [0.5, 0.6) is 0 Å². The Morgan fingerprint density at radius 3 is 1.35 bits per heavy atom. The number of nitriles is 2. The van der Waals surface area contributed by atoms with Crippen LogP contribution in [-0.2, 0) is 19.1 Å². The third-order valence-electron chi connectivity index (χ3n) is 3.19. The Morgan fingerprint density at radius 1 is 0.808 bits per heavy atom. The highest BCUT2D eigenvalue weighted by molar-refractivity contribution is 6.16. The molecule has 0 saturated heterocycles. The van der Waals surface area contributed by atoms with Crippen LogP contribution in [0.4, 0.5) is 0 Å². The van der Waals surface area contributed by atoms with E-state index in [1.165, 1.54) is 24.3 Å². The SMILES string of the molecule is CC(C)COC(=O)C(C#N)=c1ccc(=C(C#N)C(=O)OCC(C)C)cc1. The zero-order valence-corrected chi connectivity index (χ0v) is 15.4. The lowest BCUT2D eigenvalue weighted by atomic mass is 10.1. The van der Waals surface area contributed by atoms with Gasteiger partial charge in [0.2, 0.25) is 0 Å². The van der Waals surface area contributed by atoms with Crippen molar-refractivity contribution in [3.05, 3.63) is 34.7 Å². The number of carbonyl (C=O) groups excluding carboxylic acids is 2. The third-order valence-corrected chi connectivity index (χ3v) is 3.19. The van der Waals surface area contributed by atoms with Gasteiger partial charge in [0.1, 0.15) is 23.3 Å². The van der Waals surface area contributed by atoms with Crippen molar-refractivity contribution in [3.8, 4) is 12.1 Å². The first-order chi connectivity index (χ1) is 12.3. The van der Waals surface area contributed by atoms with Gasteiger partial charge in [-0.2, -0.15) is 10.5 Å². The summed E-state index contributed by atoms with van der Waals surface area (Å²) in [5.41, 5.74) is -0.254. The molecule has 0 aromatic heterocycles. The van der Waals surface area contributed by atoms with Gasteiger partial charge in [-0.25, -0.2) is 9.59 Å². The first-order valence-corrected chi connectivity index (χ1v) is 8.29. The van der Waals surface area contributed by atoms with Crippen LogP contribution in [0.25, 0.3) is 11.1 Å². The second-order valence-electron chi connectivity index (χ2n) is 6.54. The molecule has 0 spiro atoms. The Labute approximate surface area is 152 Å². The molecule has 0 atom stereocenters. The largest absolute Gasteiger partial charge is 0.461 e. The molecular weight excluding hydrogens is 332 g/mol. The molecule has 0 unspecified atom stereocenters. The molecule has 1 rings (SSSR count). The molecule has 0 bridgehead atoms. The van der Waals surface area contributed by atoms with Crippen molar-refractivity contribution in [2.24, 2.45) is 11.8 Å². The number of rotatable bonds is 6. The number of hydrogen-bond donors (Lipinski definition) is 0.